The third-order valence-corrected chi connectivity index (χ3v) is 5.55. The number of carbonyl (C=O) groups is 1. The standard InChI is InChI=1S/C23H28ClFN2O3/c1-16(15-30-22-6-4-3-5-21(22)29-2)26-23(28)17-9-11-27(12-10-17)14-18-7-8-19(24)13-20(18)25/h3-8,13,16-17H,9-12,14-15H2,1-2H3,(H,26,28)/t16-/m1/s1. The Bertz CT molecular complexity index is 856. The normalized spacial score (nSPS) is 16.1. The van der Waals surface area contributed by atoms with Crippen LogP contribution in [0.3, 0.4) is 0 Å². The van der Waals surface area contributed by atoms with E-state index in [-0.39, 0.29) is 23.7 Å². The van der Waals surface area contributed by atoms with Gasteiger partial charge < -0.3 is 14.8 Å². The summed E-state index contributed by atoms with van der Waals surface area (Å²) in [7, 11) is 1.60. The first-order valence-electron chi connectivity index (χ1n) is 10.2. The summed E-state index contributed by atoms with van der Waals surface area (Å²) >= 11 is 5.81. The van der Waals surface area contributed by atoms with Gasteiger partial charge in [-0.25, -0.2) is 4.39 Å². The number of rotatable bonds is 8. The van der Waals surface area contributed by atoms with Crippen LogP contribution in [0.1, 0.15) is 25.3 Å². The summed E-state index contributed by atoms with van der Waals surface area (Å²) in [5.74, 6) is 1.05. The van der Waals surface area contributed by atoms with Crippen LogP contribution in [0, 0.1) is 11.7 Å². The Balaban J connectivity index is 1.42. The monoisotopic (exact) mass is 434 g/mol. The predicted octanol–water partition coefficient (Wildman–Crippen LogP) is 4.28. The number of para-hydroxylation sites is 2. The molecule has 1 atom stereocenters. The summed E-state index contributed by atoms with van der Waals surface area (Å²) in [5.41, 5.74) is 0.629. The molecule has 1 aliphatic heterocycles. The molecule has 0 aliphatic carbocycles. The Morgan fingerprint density at radius 2 is 1.93 bits per heavy atom. The zero-order valence-electron chi connectivity index (χ0n) is 17.4. The minimum Gasteiger partial charge on any atom is -0.493 e. The summed E-state index contributed by atoms with van der Waals surface area (Å²) in [6.07, 6.45) is 1.50. The van der Waals surface area contributed by atoms with E-state index in [1.807, 2.05) is 31.2 Å². The third-order valence-electron chi connectivity index (χ3n) is 5.31. The van der Waals surface area contributed by atoms with Crippen LogP contribution in [-0.2, 0) is 11.3 Å². The number of likely N-dealkylation sites (tertiary alicyclic amines) is 1. The van der Waals surface area contributed by atoms with Crippen molar-refractivity contribution in [3.63, 3.8) is 0 Å². The van der Waals surface area contributed by atoms with E-state index < -0.39 is 0 Å². The number of ether oxygens (including phenoxy) is 2. The molecule has 7 heteroatoms. The second-order valence-corrected chi connectivity index (χ2v) is 8.09. The second-order valence-electron chi connectivity index (χ2n) is 7.66. The van der Waals surface area contributed by atoms with Crippen LogP contribution in [-0.4, -0.2) is 43.7 Å². The van der Waals surface area contributed by atoms with E-state index in [9.17, 15) is 9.18 Å². The maximum absolute atomic E-state index is 14.0. The number of carbonyl (C=O) groups excluding carboxylic acids is 1. The second kappa shape index (κ2) is 10.6. The number of hydrogen-bond acceptors (Lipinski definition) is 4. The van der Waals surface area contributed by atoms with E-state index in [1.165, 1.54) is 6.07 Å². The van der Waals surface area contributed by atoms with Gasteiger partial charge in [-0.15, -0.1) is 0 Å². The summed E-state index contributed by atoms with van der Waals surface area (Å²) < 4.78 is 25.1. The van der Waals surface area contributed by atoms with Gasteiger partial charge in [0.25, 0.3) is 0 Å². The molecule has 1 amide bonds. The lowest BCUT2D eigenvalue weighted by atomic mass is 9.95. The molecule has 0 bridgehead atoms. The molecule has 1 N–H and O–H groups in total. The predicted molar refractivity (Wildman–Crippen MR) is 116 cm³/mol. The smallest absolute Gasteiger partial charge is 0.223 e. The van der Waals surface area contributed by atoms with Crippen LogP contribution in [0.4, 0.5) is 4.39 Å². The fraction of sp³-hybridized carbons (Fsp3) is 0.435. The molecule has 1 fully saturated rings. The molecule has 1 heterocycles. The number of halogens is 2. The maximum Gasteiger partial charge on any atom is 0.223 e. The SMILES string of the molecule is COc1ccccc1OC[C@@H](C)NC(=O)C1CCN(Cc2ccc(Cl)cc2F)CC1. The van der Waals surface area contributed by atoms with Crippen molar-refractivity contribution in [1.82, 2.24) is 10.2 Å². The van der Waals surface area contributed by atoms with Crippen LogP contribution in [0.25, 0.3) is 0 Å². The van der Waals surface area contributed by atoms with Gasteiger partial charge in [-0.05, 0) is 57.1 Å². The average Bonchev–Trinajstić information content (AvgIpc) is 2.75. The Hall–Kier alpha value is -2.31. The number of methoxy groups -OCH3 is 1. The number of amides is 1. The van der Waals surface area contributed by atoms with Crippen LogP contribution < -0.4 is 14.8 Å². The highest BCUT2D eigenvalue weighted by Crippen LogP contribution is 2.26. The van der Waals surface area contributed by atoms with E-state index in [2.05, 4.69) is 10.2 Å². The van der Waals surface area contributed by atoms with Gasteiger partial charge in [0.1, 0.15) is 12.4 Å². The molecular formula is C23H28ClFN2O3. The van der Waals surface area contributed by atoms with Gasteiger partial charge in [0.2, 0.25) is 5.91 Å². The number of piperidine rings is 1. The van der Waals surface area contributed by atoms with Crippen LogP contribution >= 0.6 is 11.6 Å². The van der Waals surface area contributed by atoms with Crippen molar-refractivity contribution in [2.45, 2.75) is 32.4 Å². The Labute approximate surface area is 182 Å². The van der Waals surface area contributed by atoms with Gasteiger partial charge in [-0.1, -0.05) is 29.8 Å². The molecule has 0 unspecified atom stereocenters. The molecule has 0 radical (unpaired) electrons. The Morgan fingerprint density at radius 3 is 2.60 bits per heavy atom. The van der Waals surface area contributed by atoms with Crippen molar-refractivity contribution in [3.8, 4) is 11.5 Å². The van der Waals surface area contributed by atoms with E-state index >= 15 is 0 Å². The molecular weight excluding hydrogens is 407 g/mol. The highest BCUT2D eigenvalue weighted by Gasteiger charge is 2.26. The van der Waals surface area contributed by atoms with E-state index in [1.54, 1.807) is 19.2 Å². The van der Waals surface area contributed by atoms with Gasteiger partial charge in [0.15, 0.2) is 11.5 Å². The van der Waals surface area contributed by atoms with Crippen LogP contribution in [0.15, 0.2) is 42.5 Å². The number of nitrogens with one attached hydrogen (secondary N) is 1. The number of benzene rings is 2. The van der Waals surface area contributed by atoms with Crippen molar-refractivity contribution < 1.29 is 18.7 Å². The van der Waals surface area contributed by atoms with Crippen molar-refractivity contribution in [1.29, 1.82) is 0 Å². The zero-order valence-corrected chi connectivity index (χ0v) is 18.1. The quantitative estimate of drug-likeness (QED) is 0.673. The fourth-order valence-electron chi connectivity index (χ4n) is 3.60. The number of nitrogens with zero attached hydrogens (tertiary/aromatic N) is 1. The first-order valence-corrected chi connectivity index (χ1v) is 10.6. The minimum absolute atomic E-state index is 0.0370. The largest absolute Gasteiger partial charge is 0.493 e. The molecule has 5 nitrogen and oxygen atoms in total. The zero-order chi connectivity index (χ0) is 21.5. The van der Waals surface area contributed by atoms with Gasteiger partial charge in [0, 0.05) is 23.0 Å². The Kier molecular flexibility index (Phi) is 7.94. The highest BCUT2D eigenvalue weighted by atomic mass is 35.5. The molecule has 3 rings (SSSR count). The van der Waals surface area contributed by atoms with Crippen molar-refractivity contribution >= 4 is 17.5 Å². The lowest BCUT2D eigenvalue weighted by Crippen LogP contribution is -2.44. The fourth-order valence-corrected chi connectivity index (χ4v) is 3.76. The van der Waals surface area contributed by atoms with E-state index in [0.29, 0.717) is 35.2 Å². The number of hydrogen-bond donors (Lipinski definition) is 1. The van der Waals surface area contributed by atoms with E-state index in [4.69, 9.17) is 21.1 Å². The first-order chi connectivity index (χ1) is 14.5. The third kappa shape index (κ3) is 6.09. The summed E-state index contributed by atoms with van der Waals surface area (Å²) in [5, 5.41) is 3.44. The lowest BCUT2D eigenvalue weighted by molar-refractivity contribution is -0.127. The molecule has 30 heavy (non-hydrogen) atoms. The molecule has 2 aromatic carbocycles. The minimum atomic E-state index is -0.286. The molecule has 162 valence electrons. The van der Waals surface area contributed by atoms with Crippen LogP contribution in [0.5, 0.6) is 11.5 Å². The van der Waals surface area contributed by atoms with Crippen molar-refractivity contribution in [2.24, 2.45) is 5.92 Å². The first kappa shape index (κ1) is 22.4. The van der Waals surface area contributed by atoms with Crippen molar-refractivity contribution in [2.75, 3.05) is 26.8 Å². The molecule has 1 aliphatic rings. The average molecular weight is 435 g/mol. The van der Waals surface area contributed by atoms with Crippen molar-refractivity contribution in [3.05, 3.63) is 58.9 Å². The summed E-state index contributed by atoms with van der Waals surface area (Å²) in [4.78, 5) is 14.8. The summed E-state index contributed by atoms with van der Waals surface area (Å²) in [6, 6.07) is 12.1. The lowest BCUT2D eigenvalue weighted by Gasteiger charge is -2.32. The topological polar surface area (TPSA) is 50.8 Å². The van der Waals surface area contributed by atoms with E-state index in [0.717, 1.165) is 25.9 Å². The van der Waals surface area contributed by atoms with Gasteiger partial charge in [0.05, 0.1) is 13.2 Å². The maximum atomic E-state index is 14.0. The highest BCUT2D eigenvalue weighted by molar-refractivity contribution is 6.30. The van der Waals surface area contributed by atoms with Gasteiger partial charge in [-0.3, -0.25) is 9.69 Å². The molecule has 0 aromatic heterocycles. The van der Waals surface area contributed by atoms with Gasteiger partial charge >= 0.3 is 0 Å². The molecule has 0 spiro atoms. The Morgan fingerprint density at radius 1 is 1.23 bits per heavy atom. The molecule has 0 saturated carbocycles. The van der Waals surface area contributed by atoms with Gasteiger partial charge in [-0.2, -0.15) is 0 Å². The molecule has 2 aromatic rings. The molecule has 1 saturated heterocycles. The van der Waals surface area contributed by atoms with Crippen LogP contribution in [0.2, 0.25) is 5.02 Å². The summed E-state index contributed by atoms with van der Waals surface area (Å²) in [6.45, 7) is 4.32.